The van der Waals surface area contributed by atoms with Gasteiger partial charge in [-0.25, -0.2) is 13.1 Å². The zero-order valence-electron chi connectivity index (χ0n) is 13.3. The summed E-state index contributed by atoms with van der Waals surface area (Å²) < 4.78 is 26.6. The molecule has 1 saturated heterocycles. The molecule has 0 unspecified atom stereocenters. The van der Waals surface area contributed by atoms with Gasteiger partial charge in [0, 0.05) is 25.7 Å². The zero-order valence-corrected chi connectivity index (χ0v) is 14.1. The van der Waals surface area contributed by atoms with E-state index in [4.69, 9.17) is 0 Å². The molecule has 124 valence electrons. The highest BCUT2D eigenvalue weighted by Gasteiger charge is 2.31. The highest BCUT2D eigenvalue weighted by molar-refractivity contribution is 7.89. The second-order valence-electron chi connectivity index (χ2n) is 6.48. The van der Waals surface area contributed by atoms with E-state index in [9.17, 15) is 13.5 Å². The molecule has 2 rings (SSSR count). The average molecular weight is 326 g/mol. The summed E-state index contributed by atoms with van der Waals surface area (Å²) in [5.41, 5.74) is 1.17. The molecule has 1 fully saturated rings. The van der Waals surface area contributed by atoms with Crippen LogP contribution in [0.3, 0.4) is 0 Å². The molecule has 2 N–H and O–H groups in total. The van der Waals surface area contributed by atoms with E-state index in [1.165, 1.54) is 5.56 Å². The molecule has 6 heteroatoms. The second-order valence-corrected chi connectivity index (χ2v) is 8.33. The van der Waals surface area contributed by atoms with E-state index in [2.05, 4.69) is 9.62 Å². The van der Waals surface area contributed by atoms with Crippen molar-refractivity contribution in [3.05, 3.63) is 35.9 Å². The van der Waals surface area contributed by atoms with Crippen molar-refractivity contribution in [1.82, 2.24) is 9.62 Å². The van der Waals surface area contributed by atoms with E-state index in [0.29, 0.717) is 19.5 Å². The number of hydrogen-bond donors (Lipinski definition) is 2. The summed E-state index contributed by atoms with van der Waals surface area (Å²) in [4.78, 5) is 2.15. The first-order chi connectivity index (χ1) is 10.4. The molecule has 2 atom stereocenters. The lowest BCUT2D eigenvalue weighted by Crippen LogP contribution is -2.41. The molecule has 0 radical (unpaired) electrons. The van der Waals surface area contributed by atoms with Crippen LogP contribution in [0.25, 0.3) is 0 Å². The maximum atomic E-state index is 12.0. The van der Waals surface area contributed by atoms with Gasteiger partial charge in [0.1, 0.15) is 0 Å². The Hall–Kier alpha value is -0.950. The van der Waals surface area contributed by atoms with Crippen molar-refractivity contribution in [2.24, 2.45) is 5.92 Å². The lowest BCUT2D eigenvalue weighted by atomic mass is 10.2. The zero-order chi connectivity index (χ0) is 16.2. The third-order valence-corrected chi connectivity index (χ3v) is 5.54. The molecule has 1 aliphatic rings. The minimum absolute atomic E-state index is 0.0390. The summed E-state index contributed by atoms with van der Waals surface area (Å²) in [6.07, 6.45) is 0.222. The van der Waals surface area contributed by atoms with Crippen LogP contribution in [0, 0.1) is 5.92 Å². The number of benzene rings is 1. The summed E-state index contributed by atoms with van der Waals surface area (Å²) in [6.45, 7) is 5.46. The maximum absolute atomic E-state index is 12.0. The van der Waals surface area contributed by atoms with E-state index >= 15 is 0 Å². The smallest absolute Gasteiger partial charge is 0.211 e. The average Bonchev–Trinajstić information content (AvgIpc) is 2.76. The van der Waals surface area contributed by atoms with Crippen LogP contribution < -0.4 is 4.72 Å². The van der Waals surface area contributed by atoms with Gasteiger partial charge in [-0.3, -0.25) is 4.90 Å². The molecule has 0 amide bonds. The van der Waals surface area contributed by atoms with E-state index in [1.807, 2.05) is 44.2 Å². The first-order valence-corrected chi connectivity index (χ1v) is 9.44. The van der Waals surface area contributed by atoms with Gasteiger partial charge < -0.3 is 5.11 Å². The van der Waals surface area contributed by atoms with Crippen LogP contribution in [0.4, 0.5) is 0 Å². The Balaban J connectivity index is 1.93. The van der Waals surface area contributed by atoms with Gasteiger partial charge in [-0.15, -0.1) is 0 Å². The predicted molar refractivity (Wildman–Crippen MR) is 87.9 cm³/mol. The van der Waals surface area contributed by atoms with Gasteiger partial charge in [0.05, 0.1) is 11.9 Å². The molecule has 1 heterocycles. The van der Waals surface area contributed by atoms with Crippen LogP contribution in [0.2, 0.25) is 0 Å². The SMILES string of the molecule is CC(C)CS(=O)(=O)NC[C@H]1C[C@@H](O)CN1Cc1ccccc1. The van der Waals surface area contributed by atoms with Crippen LogP contribution in [-0.4, -0.2) is 49.4 Å². The molecular weight excluding hydrogens is 300 g/mol. The summed E-state index contributed by atoms with van der Waals surface area (Å²) in [5.74, 6) is 0.244. The van der Waals surface area contributed by atoms with Crippen molar-refractivity contribution in [2.45, 2.75) is 39.0 Å². The molecule has 1 aromatic rings. The van der Waals surface area contributed by atoms with Crippen molar-refractivity contribution in [3.63, 3.8) is 0 Å². The van der Waals surface area contributed by atoms with E-state index < -0.39 is 10.0 Å². The fourth-order valence-corrected chi connectivity index (χ4v) is 4.34. The highest BCUT2D eigenvalue weighted by atomic mass is 32.2. The number of sulfonamides is 1. The summed E-state index contributed by atoms with van der Waals surface area (Å²) in [5, 5.41) is 9.90. The number of rotatable bonds is 7. The Kier molecular flexibility index (Phi) is 5.97. The molecule has 22 heavy (non-hydrogen) atoms. The van der Waals surface area contributed by atoms with Crippen LogP contribution in [0.5, 0.6) is 0 Å². The standard InChI is InChI=1S/C16H26N2O3S/c1-13(2)12-22(20,21)17-9-15-8-16(19)11-18(15)10-14-6-4-3-5-7-14/h3-7,13,15-17,19H,8-12H2,1-2H3/t15-,16-/m1/s1. The number of nitrogens with one attached hydrogen (secondary N) is 1. The first kappa shape index (κ1) is 17.4. The summed E-state index contributed by atoms with van der Waals surface area (Å²) in [6, 6.07) is 10.1. The monoisotopic (exact) mass is 326 g/mol. The van der Waals surface area contributed by atoms with Crippen molar-refractivity contribution in [1.29, 1.82) is 0 Å². The lowest BCUT2D eigenvalue weighted by molar-refractivity contribution is 0.172. The number of β-amino-alcohol motifs (C(OH)–C–C–N with tert-alkyl or cyclic N) is 1. The molecule has 0 bridgehead atoms. The van der Waals surface area contributed by atoms with Crippen LogP contribution in [-0.2, 0) is 16.6 Å². The fourth-order valence-electron chi connectivity index (χ4n) is 2.90. The summed E-state index contributed by atoms with van der Waals surface area (Å²) >= 11 is 0. The van der Waals surface area contributed by atoms with Gasteiger partial charge in [-0.05, 0) is 17.9 Å². The lowest BCUT2D eigenvalue weighted by Gasteiger charge is -2.24. The van der Waals surface area contributed by atoms with Crippen LogP contribution in [0.1, 0.15) is 25.8 Å². The Morgan fingerprint density at radius 1 is 1.32 bits per heavy atom. The normalized spacial score (nSPS) is 23.3. The Labute approximate surface area is 133 Å². The first-order valence-electron chi connectivity index (χ1n) is 7.79. The largest absolute Gasteiger partial charge is 0.392 e. The molecule has 0 saturated carbocycles. The van der Waals surface area contributed by atoms with Crippen LogP contribution in [0.15, 0.2) is 30.3 Å². The van der Waals surface area contributed by atoms with Gasteiger partial charge in [-0.1, -0.05) is 44.2 Å². The minimum atomic E-state index is -3.24. The number of nitrogens with zero attached hydrogens (tertiary/aromatic N) is 1. The maximum Gasteiger partial charge on any atom is 0.211 e. The molecule has 5 nitrogen and oxygen atoms in total. The molecule has 0 aliphatic carbocycles. The summed E-state index contributed by atoms with van der Waals surface area (Å²) in [7, 11) is -3.24. The minimum Gasteiger partial charge on any atom is -0.392 e. The van der Waals surface area contributed by atoms with Crippen molar-refractivity contribution >= 4 is 10.0 Å². The Morgan fingerprint density at radius 3 is 2.64 bits per heavy atom. The predicted octanol–water partition coefficient (Wildman–Crippen LogP) is 1.20. The third kappa shape index (κ3) is 5.35. The van der Waals surface area contributed by atoms with Gasteiger partial charge >= 0.3 is 0 Å². The molecule has 0 spiro atoms. The van der Waals surface area contributed by atoms with Crippen molar-refractivity contribution in [2.75, 3.05) is 18.8 Å². The van der Waals surface area contributed by atoms with E-state index in [0.717, 1.165) is 6.54 Å². The fraction of sp³-hybridized carbons (Fsp3) is 0.625. The quantitative estimate of drug-likeness (QED) is 0.790. The number of aliphatic hydroxyl groups is 1. The molecular formula is C16H26N2O3S. The Bertz CT molecular complexity index is 560. The van der Waals surface area contributed by atoms with Gasteiger partial charge in [0.15, 0.2) is 0 Å². The van der Waals surface area contributed by atoms with E-state index in [1.54, 1.807) is 0 Å². The highest BCUT2D eigenvalue weighted by Crippen LogP contribution is 2.20. The van der Waals surface area contributed by atoms with E-state index in [-0.39, 0.29) is 23.8 Å². The number of aliphatic hydroxyl groups excluding tert-OH is 1. The van der Waals surface area contributed by atoms with Gasteiger partial charge in [0.2, 0.25) is 10.0 Å². The van der Waals surface area contributed by atoms with Crippen LogP contribution >= 0.6 is 0 Å². The molecule has 0 aromatic heterocycles. The number of likely N-dealkylation sites (tertiary alicyclic amines) is 1. The van der Waals surface area contributed by atoms with Gasteiger partial charge in [0.25, 0.3) is 0 Å². The topological polar surface area (TPSA) is 69.6 Å². The molecule has 1 aliphatic heterocycles. The van der Waals surface area contributed by atoms with Crippen molar-refractivity contribution in [3.8, 4) is 0 Å². The number of hydrogen-bond acceptors (Lipinski definition) is 4. The van der Waals surface area contributed by atoms with Gasteiger partial charge in [-0.2, -0.15) is 0 Å². The Morgan fingerprint density at radius 2 is 2.00 bits per heavy atom. The molecule has 1 aromatic carbocycles. The van der Waals surface area contributed by atoms with Crippen molar-refractivity contribution < 1.29 is 13.5 Å². The third-order valence-electron chi connectivity index (χ3n) is 3.83. The second kappa shape index (κ2) is 7.55.